The highest BCUT2D eigenvalue weighted by atomic mass is 19.3. The molecule has 1 saturated heterocycles. The van der Waals surface area contributed by atoms with E-state index in [2.05, 4.69) is 20.7 Å². The number of carbonyl (C=O) groups is 1. The Morgan fingerprint density at radius 2 is 2.23 bits per heavy atom. The fourth-order valence-electron chi connectivity index (χ4n) is 4.07. The van der Waals surface area contributed by atoms with Crippen LogP contribution >= 0.6 is 0 Å². The molecule has 1 aliphatic rings. The average molecular weight is 429 g/mol. The Morgan fingerprint density at radius 1 is 1.35 bits per heavy atom. The normalized spacial score (nSPS) is 19.0. The first-order valence-electron chi connectivity index (χ1n) is 10.3. The molecule has 1 unspecified atom stereocenters. The van der Waals surface area contributed by atoms with E-state index in [0.29, 0.717) is 35.3 Å². The fraction of sp³-hybridized carbons (Fsp3) is 0.409. The highest BCUT2D eigenvalue weighted by molar-refractivity contribution is 6.05. The van der Waals surface area contributed by atoms with Crippen LogP contribution in [0.15, 0.2) is 42.6 Å². The third-order valence-corrected chi connectivity index (χ3v) is 5.53. The second kappa shape index (κ2) is 8.97. The van der Waals surface area contributed by atoms with Crippen LogP contribution < -0.4 is 15.4 Å². The number of amides is 1. The maximum absolute atomic E-state index is 13.2. The van der Waals surface area contributed by atoms with Crippen LogP contribution in [0.25, 0.3) is 10.9 Å². The van der Waals surface area contributed by atoms with Crippen molar-refractivity contribution in [3.63, 3.8) is 0 Å². The van der Waals surface area contributed by atoms with Crippen LogP contribution in [-0.4, -0.2) is 45.7 Å². The molecular weight excluding hydrogens is 404 g/mol. The molecule has 164 valence electrons. The minimum atomic E-state index is -2.50. The number of nitrogens with one attached hydrogen (secondary N) is 2. The molecule has 1 aromatic carbocycles. The van der Waals surface area contributed by atoms with Crippen LogP contribution in [0.4, 0.5) is 8.78 Å². The molecule has 0 radical (unpaired) electrons. The Labute approximate surface area is 178 Å². The van der Waals surface area contributed by atoms with Crippen molar-refractivity contribution in [2.24, 2.45) is 7.05 Å². The number of pyridine rings is 1. The number of aromatic nitrogens is 3. The van der Waals surface area contributed by atoms with Gasteiger partial charge in [-0.05, 0) is 49.7 Å². The summed E-state index contributed by atoms with van der Waals surface area (Å²) in [6.45, 7) is 1.36. The maximum Gasteiger partial charge on any atom is 0.270 e. The van der Waals surface area contributed by atoms with E-state index < -0.39 is 17.9 Å². The molecule has 1 fully saturated rings. The van der Waals surface area contributed by atoms with Crippen molar-refractivity contribution in [3.05, 3.63) is 54.0 Å². The van der Waals surface area contributed by atoms with Crippen LogP contribution in [-0.2, 0) is 13.7 Å². The second-order valence-corrected chi connectivity index (χ2v) is 7.87. The number of benzene rings is 1. The Morgan fingerprint density at radius 3 is 2.94 bits per heavy atom. The maximum atomic E-state index is 13.2. The third-order valence-electron chi connectivity index (χ3n) is 5.53. The van der Waals surface area contributed by atoms with Crippen molar-refractivity contribution in [3.8, 4) is 5.75 Å². The van der Waals surface area contributed by atoms with Gasteiger partial charge in [0.15, 0.2) is 0 Å². The largest absolute Gasteiger partial charge is 0.487 e. The summed E-state index contributed by atoms with van der Waals surface area (Å²) in [5.74, 6) is 0.151. The lowest BCUT2D eigenvalue weighted by Crippen LogP contribution is -2.58. The number of alkyl halides is 2. The Hall–Kier alpha value is -3.07. The lowest BCUT2D eigenvalue weighted by molar-refractivity contribution is 0.0657. The first kappa shape index (κ1) is 21.2. The molecule has 2 aromatic heterocycles. The van der Waals surface area contributed by atoms with Gasteiger partial charge in [-0.3, -0.25) is 14.5 Å². The molecule has 0 bridgehead atoms. The van der Waals surface area contributed by atoms with Gasteiger partial charge in [0.05, 0.1) is 16.7 Å². The standard InChI is InChI=1S/C22H25F2N5O2/c1-29-20(21(30)27-22(12-19(23)24)8-4-9-25-14-22)17-11-16(6-7-18(17)28-29)31-13-15-5-2-3-10-26-15/h2-3,5-7,10-11,19,25H,4,8-9,12-14H2,1H3,(H,27,30). The van der Waals surface area contributed by atoms with E-state index in [-0.39, 0.29) is 13.0 Å². The summed E-state index contributed by atoms with van der Waals surface area (Å²) in [7, 11) is 1.67. The van der Waals surface area contributed by atoms with Crippen LogP contribution in [0.2, 0.25) is 0 Å². The van der Waals surface area contributed by atoms with Gasteiger partial charge in [0.2, 0.25) is 6.43 Å². The van der Waals surface area contributed by atoms with Crippen molar-refractivity contribution >= 4 is 16.8 Å². The zero-order valence-corrected chi connectivity index (χ0v) is 17.3. The Kier molecular flexibility index (Phi) is 6.13. The molecule has 1 amide bonds. The number of hydrogen-bond acceptors (Lipinski definition) is 5. The number of piperidine rings is 1. The zero-order chi connectivity index (χ0) is 21.8. The zero-order valence-electron chi connectivity index (χ0n) is 17.3. The van der Waals surface area contributed by atoms with E-state index in [1.807, 2.05) is 18.2 Å². The van der Waals surface area contributed by atoms with Gasteiger partial charge < -0.3 is 15.4 Å². The molecule has 4 rings (SSSR count). The molecule has 0 aliphatic carbocycles. The molecule has 2 N–H and O–H groups in total. The Balaban J connectivity index is 1.58. The lowest BCUT2D eigenvalue weighted by atomic mass is 9.86. The molecule has 9 heteroatoms. The van der Waals surface area contributed by atoms with Crippen LogP contribution in [0.3, 0.4) is 0 Å². The molecule has 31 heavy (non-hydrogen) atoms. The number of aryl methyl sites for hydroxylation is 1. The van der Waals surface area contributed by atoms with Gasteiger partial charge in [-0.15, -0.1) is 0 Å². The number of rotatable bonds is 7. The SMILES string of the molecule is Cn1nc2ccc(OCc3ccccn3)cc2c1C(=O)NC1(CC(F)F)CCCNC1. The van der Waals surface area contributed by atoms with Crippen molar-refractivity contribution in [2.45, 2.75) is 37.8 Å². The quantitative estimate of drug-likeness (QED) is 0.603. The number of ether oxygens (including phenoxy) is 1. The predicted octanol–water partition coefficient (Wildman–Crippen LogP) is 3.05. The second-order valence-electron chi connectivity index (χ2n) is 7.87. The van der Waals surface area contributed by atoms with Crippen molar-refractivity contribution in [1.82, 2.24) is 25.4 Å². The molecule has 0 saturated carbocycles. The van der Waals surface area contributed by atoms with Crippen molar-refractivity contribution in [2.75, 3.05) is 13.1 Å². The van der Waals surface area contributed by atoms with Gasteiger partial charge in [0.25, 0.3) is 5.91 Å². The smallest absolute Gasteiger partial charge is 0.270 e. The molecule has 3 heterocycles. The number of halogens is 2. The van der Waals surface area contributed by atoms with Gasteiger partial charge >= 0.3 is 0 Å². The van der Waals surface area contributed by atoms with Crippen LogP contribution in [0.5, 0.6) is 5.75 Å². The molecule has 1 atom stereocenters. The van der Waals surface area contributed by atoms with E-state index >= 15 is 0 Å². The highest BCUT2D eigenvalue weighted by Crippen LogP contribution is 2.27. The average Bonchev–Trinajstić information content (AvgIpc) is 3.08. The van der Waals surface area contributed by atoms with E-state index in [1.165, 1.54) is 4.68 Å². The topological polar surface area (TPSA) is 81.1 Å². The van der Waals surface area contributed by atoms with Gasteiger partial charge in [0, 0.05) is 31.6 Å². The summed E-state index contributed by atoms with van der Waals surface area (Å²) in [5, 5.41) is 11.0. The van der Waals surface area contributed by atoms with E-state index in [9.17, 15) is 13.6 Å². The minimum absolute atomic E-state index is 0.289. The summed E-state index contributed by atoms with van der Waals surface area (Å²) in [6, 6.07) is 10.9. The highest BCUT2D eigenvalue weighted by Gasteiger charge is 2.37. The van der Waals surface area contributed by atoms with E-state index in [1.54, 1.807) is 31.4 Å². The lowest BCUT2D eigenvalue weighted by Gasteiger charge is -2.38. The van der Waals surface area contributed by atoms with Gasteiger partial charge in [-0.2, -0.15) is 5.10 Å². The predicted molar refractivity (Wildman–Crippen MR) is 112 cm³/mol. The monoisotopic (exact) mass is 429 g/mol. The van der Waals surface area contributed by atoms with Gasteiger partial charge in [0.1, 0.15) is 18.1 Å². The molecule has 0 spiro atoms. The third kappa shape index (κ3) is 4.82. The van der Waals surface area contributed by atoms with Crippen molar-refractivity contribution < 1.29 is 18.3 Å². The fourth-order valence-corrected chi connectivity index (χ4v) is 4.07. The first-order chi connectivity index (χ1) is 15.0. The Bertz CT molecular complexity index is 1050. The molecule has 7 nitrogen and oxygen atoms in total. The van der Waals surface area contributed by atoms with E-state index in [4.69, 9.17) is 4.74 Å². The number of carbonyl (C=O) groups excluding carboxylic acids is 1. The summed E-state index contributed by atoms with van der Waals surface area (Å²) in [6.07, 6.45) is 0.0329. The number of nitrogens with zero attached hydrogens (tertiary/aromatic N) is 3. The summed E-state index contributed by atoms with van der Waals surface area (Å²) in [4.78, 5) is 17.4. The first-order valence-corrected chi connectivity index (χ1v) is 10.3. The molecule has 3 aromatic rings. The summed E-state index contributed by atoms with van der Waals surface area (Å²) in [5.41, 5.74) is 0.748. The number of fused-ring (bicyclic) bond motifs is 1. The minimum Gasteiger partial charge on any atom is -0.487 e. The summed E-state index contributed by atoms with van der Waals surface area (Å²) >= 11 is 0. The number of hydrogen-bond donors (Lipinski definition) is 2. The van der Waals surface area contributed by atoms with E-state index in [0.717, 1.165) is 18.7 Å². The van der Waals surface area contributed by atoms with Crippen LogP contribution in [0.1, 0.15) is 35.4 Å². The van der Waals surface area contributed by atoms with Gasteiger partial charge in [-0.25, -0.2) is 8.78 Å². The molecule has 1 aliphatic heterocycles. The summed E-state index contributed by atoms with van der Waals surface area (Å²) < 4.78 is 33.8. The molecular formula is C22H25F2N5O2. The van der Waals surface area contributed by atoms with Crippen molar-refractivity contribution in [1.29, 1.82) is 0 Å². The van der Waals surface area contributed by atoms with Crippen LogP contribution in [0, 0.1) is 0 Å². The van der Waals surface area contributed by atoms with Gasteiger partial charge in [-0.1, -0.05) is 6.07 Å².